The van der Waals surface area contributed by atoms with E-state index in [1.807, 2.05) is 0 Å². The quantitative estimate of drug-likeness (QED) is 0.301. The largest absolute Gasteiger partial charge is 0.357 e. The van der Waals surface area contributed by atoms with Gasteiger partial charge < -0.3 is 15.5 Å². The lowest BCUT2D eigenvalue weighted by atomic mass is 9.94. The zero-order valence-corrected chi connectivity index (χ0v) is 15.8. The minimum Gasteiger partial charge on any atom is -0.357 e. The average molecular weight is 396 g/mol. The van der Waals surface area contributed by atoms with Gasteiger partial charge in [0, 0.05) is 19.6 Å². The molecule has 0 atom stereocenters. The molecule has 4 nitrogen and oxygen atoms in total. The Morgan fingerprint density at radius 1 is 1.20 bits per heavy atom. The number of nitrogens with zero attached hydrogens (tertiary/aromatic N) is 2. The van der Waals surface area contributed by atoms with Gasteiger partial charge in [0.2, 0.25) is 0 Å². The number of piperidine rings is 1. The van der Waals surface area contributed by atoms with E-state index in [4.69, 9.17) is 0 Å². The molecule has 1 fully saturated rings. The third-order valence-electron chi connectivity index (χ3n) is 3.81. The first-order valence-corrected chi connectivity index (χ1v) is 7.97. The van der Waals surface area contributed by atoms with Crippen molar-refractivity contribution in [3.63, 3.8) is 0 Å². The molecule has 0 aromatic rings. The monoisotopic (exact) mass is 396 g/mol. The fraction of sp³-hybridized carbons (Fsp3) is 0.933. The van der Waals surface area contributed by atoms with E-state index >= 15 is 0 Å². The molecule has 1 aliphatic heterocycles. The van der Waals surface area contributed by atoms with Crippen LogP contribution >= 0.6 is 24.0 Å². The van der Waals surface area contributed by atoms with E-state index < -0.39 is 0 Å². The van der Waals surface area contributed by atoms with Gasteiger partial charge in [-0.25, -0.2) is 0 Å². The maximum Gasteiger partial charge on any atom is 0.191 e. The average Bonchev–Trinajstić information content (AvgIpc) is 2.41. The zero-order valence-electron chi connectivity index (χ0n) is 13.5. The van der Waals surface area contributed by atoms with Gasteiger partial charge in [-0.05, 0) is 58.7 Å². The number of hydrogen-bond acceptors (Lipinski definition) is 2. The Labute approximate surface area is 142 Å². The van der Waals surface area contributed by atoms with Gasteiger partial charge >= 0.3 is 0 Å². The second kappa shape index (κ2) is 12.7. The van der Waals surface area contributed by atoms with Gasteiger partial charge in [0.25, 0.3) is 0 Å². The molecule has 0 radical (unpaired) electrons. The molecule has 0 aliphatic carbocycles. The molecule has 0 spiro atoms. The third kappa shape index (κ3) is 9.00. The Hall–Kier alpha value is -0.0400. The van der Waals surface area contributed by atoms with Crippen molar-refractivity contribution < 1.29 is 0 Å². The van der Waals surface area contributed by atoms with Gasteiger partial charge in [-0.3, -0.25) is 4.99 Å². The Morgan fingerprint density at radius 3 is 2.50 bits per heavy atom. The maximum atomic E-state index is 4.58. The van der Waals surface area contributed by atoms with Crippen molar-refractivity contribution in [1.29, 1.82) is 0 Å². The Morgan fingerprint density at radius 2 is 1.90 bits per heavy atom. The highest BCUT2D eigenvalue weighted by Crippen LogP contribution is 2.18. The van der Waals surface area contributed by atoms with Crippen LogP contribution in [0.5, 0.6) is 0 Å². The van der Waals surface area contributed by atoms with E-state index in [0.717, 1.165) is 31.5 Å². The van der Waals surface area contributed by atoms with Crippen LogP contribution in [0.15, 0.2) is 4.99 Å². The van der Waals surface area contributed by atoms with Crippen molar-refractivity contribution in [2.45, 2.75) is 46.0 Å². The van der Waals surface area contributed by atoms with Crippen LogP contribution in [0.25, 0.3) is 0 Å². The SMILES string of the molecule is CCCCN=C(NCC)NCCC1CCN(C)CC1.I. The molecule has 0 bridgehead atoms. The zero-order chi connectivity index (χ0) is 13.9. The van der Waals surface area contributed by atoms with Gasteiger partial charge in [0.05, 0.1) is 0 Å². The fourth-order valence-corrected chi connectivity index (χ4v) is 2.44. The molecule has 2 N–H and O–H groups in total. The van der Waals surface area contributed by atoms with Crippen LogP contribution < -0.4 is 10.6 Å². The van der Waals surface area contributed by atoms with Crippen LogP contribution in [-0.2, 0) is 0 Å². The van der Waals surface area contributed by atoms with Gasteiger partial charge in [-0.15, -0.1) is 24.0 Å². The molecule has 0 unspecified atom stereocenters. The molecule has 0 aromatic carbocycles. The van der Waals surface area contributed by atoms with Gasteiger partial charge in [0.1, 0.15) is 0 Å². The van der Waals surface area contributed by atoms with Crippen molar-refractivity contribution in [3.05, 3.63) is 0 Å². The normalized spacial score (nSPS) is 17.6. The first-order chi connectivity index (χ1) is 9.26. The van der Waals surface area contributed by atoms with Gasteiger partial charge in [-0.2, -0.15) is 0 Å². The van der Waals surface area contributed by atoms with Crippen LogP contribution in [0, 0.1) is 5.92 Å². The molecular weight excluding hydrogens is 363 g/mol. The minimum absolute atomic E-state index is 0. The number of aliphatic imine (C=N–C) groups is 1. The topological polar surface area (TPSA) is 39.7 Å². The predicted octanol–water partition coefficient (Wildman–Crippen LogP) is 2.69. The standard InChI is InChI=1S/C15H32N4.HI/c1-4-6-10-17-15(16-5-2)18-11-7-14-8-12-19(3)13-9-14;/h14H,4-13H2,1-3H3,(H2,16,17,18);1H. The summed E-state index contributed by atoms with van der Waals surface area (Å²) in [6, 6.07) is 0. The Balaban J connectivity index is 0.00000361. The first-order valence-electron chi connectivity index (χ1n) is 7.97. The Bertz CT molecular complexity index is 250. The van der Waals surface area contributed by atoms with E-state index in [1.54, 1.807) is 0 Å². The summed E-state index contributed by atoms with van der Waals surface area (Å²) < 4.78 is 0. The van der Waals surface area contributed by atoms with Crippen molar-refractivity contribution in [2.24, 2.45) is 10.9 Å². The van der Waals surface area contributed by atoms with Gasteiger partial charge in [-0.1, -0.05) is 13.3 Å². The highest BCUT2D eigenvalue weighted by Gasteiger charge is 2.15. The van der Waals surface area contributed by atoms with Crippen LogP contribution in [0.2, 0.25) is 0 Å². The summed E-state index contributed by atoms with van der Waals surface area (Å²) in [5.74, 6) is 1.88. The molecule has 1 aliphatic rings. The predicted molar refractivity (Wildman–Crippen MR) is 99.1 cm³/mol. The summed E-state index contributed by atoms with van der Waals surface area (Å²) in [4.78, 5) is 7.01. The summed E-state index contributed by atoms with van der Waals surface area (Å²) in [5, 5.41) is 6.78. The van der Waals surface area contributed by atoms with Crippen LogP contribution in [-0.4, -0.2) is 50.6 Å². The summed E-state index contributed by atoms with van der Waals surface area (Å²) in [5.41, 5.74) is 0. The summed E-state index contributed by atoms with van der Waals surface area (Å²) >= 11 is 0. The van der Waals surface area contributed by atoms with Crippen molar-refractivity contribution in [2.75, 3.05) is 39.8 Å². The molecular formula is C15H33IN4. The second-order valence-electron chi connectivity index (χ2n) is 5.58. The highest BCUT2D eigenvalue weighted by atomic mass is 127. The van der Waals surface area contributed by atoms with Crippen molar-refractivity contribution in [3.8, 4) is 0 Å². The number of nitrogens with one attached hydrogen (secondary N) is 2. The van der Waals surface area contributed by atoms with E-state index in [-0.39, 0.29) is 24.0 Å². The van der Waals surface area contributed by atoms with Crippen molar-refractivity contribution in [1.82, 2.24) is 15.5 Å². The molecule has 120 valence electrons. The lowest BCUT2D eigenvalue weighted by Crippen LogP contribution is -2.39. The maximum absolute atomic E-state index is 4.58. The molecule has 5 heteroatoms. The molecule has 0 aromatic heterocycles. The number of halogens is 1. The Kier molecular flexibility index (Phi) is 12.7. The number of likely N-dealkylation sites (tertiary alicyclic amines) is 1. The molecule has 0 amide bonds. The van der Waals surface area contributed by atoms with Crippen LogP contribution in [0.1, 0.15) is 46.0 Å². The van der Waals surface area contributed by atoms with E-state index in [1.165, 1.54) is 45.2 Å². The minimum atomic E-state index is 0. The van der Waals surface area contributed by atoms with Crippen molar-refractivity contribution >= 4 is 29.9 Å². The lowest BCUT2D eigenvalue weighted by molar-refractivity contribution is 0.213. The highest BCUT2D eigenvalue weighted by molar-refractivity contribution is 14.0. The summed E-state index contributed by atoms with van der Waals surface area (Å²) in [6.07, 6.45) is 6.35. The first kappa shape index (κ1) is 20.0. The van der Waals surface area contributed by atoms with E-state index in [2.05, 4.69) is 41.4 Å². The lowest BCUT2D eigenvalue weighted by Gasteiger charge is -2.29. The second-order valence-corrected chi connectivity index (χ2v) is 5.58. The summed E-state index contributed by atoms with van der Waals surface area (Å²) in [7, 11) is 2.22. The molecule has 1 heterocycles. The molecule has 1 saturated heterocycles. The third-order valence-corrected chi connectivity index (χ3v) is 3.81. The molecule has 0 saturated carbocycles. The van der Waals surface area contributed by atoms with E-state index in [9.17, 15) is 0 Å². The fourth-order valence-electron chi connectivity index (χ4n) is 2.44. The van der Waals surface area contributed by atoms with E-state index in [0.29, 0.717) is 0 Å². The number of rotatable bonds is 7. The summed E-state index contributed by atoms with van der Waals surface area (Å²) in [6.45, 7) is 9.76. The number of unbranched alkanes of at least 4 members (excludes halogenated alkanes) is 1. The number of guanidine groups is 1. The molecule has 1 rings (SSSR count). The smallest absolute Gasteiger partial charge is 0.191 e. The number of hydrogen-bond donors (Lipinski definition) is 2. The molecule has 20 heavy (non-hydrogen) atoms. The van der Waals surface area contributed by atoms with Crippen LogP contribution in [0.4, 0.5) is 0 Å². The van der Waals surface area contributed by atoms with Gasteiger partial charge in [0.15, 0.2) is 5.96 Å². The van der Waals surface area contributed by atoms with Crippen LogP contribution in [0.3, 0.4) is 0 Å².